The Kier molecular flexibility index (Phi) is 4.87. The highest BCUT2D eigenvalue weighted by molar-refractivity contribution is 7.13. The van der Waals surface area contributed by atoms with E-state index in [-0.39, 0.29) is 17.0 Å². The Morgan fingerprint density at radius 2 is 2.23 bits per heavy atom. The number of hydrogen-bond acceptors (Lipinski definition) is 7. The van der Waals surface area contributed by atoms with E-state index in [1.54, 1.807) is 29.6 Å². The van der Waals surface area contributed by atoms with E-state index in [0.717, 1.165) is 0 Å². The first-order chi connectivity index (χ1) is 12.6. The van der Waals surface area contributed by atoms with Crippen LogP contribution < -0.4 is 5.32 Å². The number of nitrogens with zero attached hydrogens (tertiary/aromatic N) is 3. The number of aromatic nitrogens is 1. The predicted molar refractivity (Wildman–Crippen MR) is 95.1 cm³/mol. The summed E-state index contributed by atoms with van der Waals surface area (Å²) in [4.78, 5) is 26.4. The molecule has 0 bridgehead atoms. The van der Waals surface area contributed by atoms with Crippen LogP contribution in [0, 0.1) is 21.4 Å². The first kappa shape index (κ1) is 17.1. The lowest BCUT2D eigenvalue weighted by Crippen LogP contribution is -2.13. The second-order valence-electron chi connectivity index (χ2n) is 4.97. The third-order valence-corrected chi connectivity index (χ3v) is 3.96. The fourth-order valence-electron chi connectivity index (χ4n) is 2.10. The SMILES string of the molecule is N#C/C(=C\c1ccc(-c2cccc([N+](=O)[O-])c2)o1)C(=O)Nc1nccs1. The fourth-order valence-corrected chi connectivity index (χ4v) is 2.62. The zero-order valence-electron chi connectivity index (χ0n) is 13.1. The molecule has 1 N–H and O–H groups in total. The first-order valence-corrected chi connectivity index (χ1v) is 8.12. The van der Waals surface area contributed by atoms with E-state index in [1.807, 2.05) is 6.07 Å². The van der Waals surface area contributed by atoms with E-state index >= 15 is 0 Å². The minimum Gasteiger partial charge on any atom is -0.457 e. The number of anilines is 1. The zero-order valence-corrected chi connectivity index (χ0v) is 13.9. The Hall–Kier alpha value is -3.77. The lowest BCUT2D eigenvalue weighted by molar-refractivity contribution is -0.384. The maximum atomic E-state index is 12.1. The Morgan fingerprint density at radius 3 is 2.92 bits per heavy atom. The standard InChI is InChI=1S/C17H10N4O4S/c18-10-12(16(22)20-17-19-6-7-26-17)9-14-4-5-15(25-14)11-2-1-3-13(8-11)21(23)24/h1-9H,(H,19,20,22)/b12-9+. The molecule has 3 aromatic rings. The maximum Gasteiger partial charge on any atom is 0.270 e. The Morgan fingerprint density at radius 1 is 1.38 bits per heavy atom. The minimum atomic E-state index is -0.601. The third kappa shape index (κ3) is 3.82. The largest absolute Gasteiger partial charge is 0.457 e. The van der Waals surface area contributed by atoms with Crippen molar-refractivity contribution in [2.24, 2.45) is 0 Å². The maximum absolute atomic E-state index is 12.1. The van der Waals surface area contributed by atoms with E-state index in [2.05, 4.69) is 10.3 Å². The molecule has 0 radical (unpaired) electrons. The fraction of sp³-hybridized carbons (Fsp3) is 0. The predicted octanol–water partition coefficient (Wildman–Crippen LogP) is 3.86. The van der Waals surface area contributed by atoms with Gasteiger partial charge in [-0.1, -0.05) is 12.1 Å². The monoisotopic (exact) mass is 366 g/mol. The molecule has 9 heteroatoms. The van der Waals surface area contributed by atoms with Crippen molar-refractivity contribution in [3.8, 4) is 17.4 Å². The van der Waals surface area contributed by atoms with Crippen molar-refractivity contribution < 1.29 is 14.1 Å². The van der Waals surface area contributed by atoms with Crippen LogP contribution in [-0.4, -0.2) is 15.8 Å². The molecule has 0 saturated carbocycles. The molecule has 0 unspecified atom stereocenters. The summed E-state index contributed by atoms with van der Waals surface area (Å²) in [5.41, 5.74) is 0.307. The summed E-state index contributed by atoms with van der Waals surface area (Å²) in [5.74, 6) is 0.0608. The van der Waals surface area contributed by atoms with Crippen LogP contribution in [-0.2, 0) is 4.79 Å². The van der Waals surface area contributed by atoms with Gasteiger partial charge in [0.25, 0.3) is 11.6 Å². The van der Waals surface area contributed by atoms with Crippen LogP contribution in [0.15, 0.2) is 58.0 Å². The molecule has 0 atom stereocenters. The van der Waals surface area contributed by atoms with E-state index in [9.17, 15) is 20.2 Å². The molecule has 3 rings (SSSR count). The summed E-state index contributed by atoms with van der Waals surface area (Å²) in [6.07, 6.45) is 2.83. The van der Waals surface area contributed by atoms with E-state index < -0.39 is 10.8 Å². The van der Waals surface area contributed by atoms with E-state index in [0.29, 0.717) is 16.5 Å². The molecule has 0 aliphatic rings. The second kappa shape index (κ2) is 7.42. The number of benzene rings is 1. The van der Waals surface area contributed by atoms with Gasteiger partial charge in [-0.3, -0.25) is 20.2 Å². The molecule has 8 nitrogen and oxygen atoms in total. The van der Waals surface area contributed by atoms with Crippen molar-refractivity contribution in [1.29, 1.82) is 5.26 Å². The lowest BCUT2D eigenvalue weighted by Gasteiger charge is -1.99. The number of carbonyl (C=O) groups excluding carboxylic acids is 1. The smallest absolute Gasteiger partial charge is 0.270 e. The molecule has 128 valence electrons. The van der Waals surface area contributed by atoms with Gasteiger partial charge in [-0.2, -0.15) is 5.26 Å². The van der Waals surface area contributed by atoms with Crippen LogP contribution in [0.3, 0.4) is 0 Å². The van der Waals surface area contributed by atoms with E-state index in [1.165, 1.54) is 35.7 Å². The number of thiazole rings is 1. The number of hydrogen-bond donors (Lipinski definition) is 1. The quantitative estimate of drug-likeness (QED) is 0.317. The number of nitro groups is 1. The summed E-state index contributed by atoms with van der Waals surface area (Å²) in [6.45, 7) is 0. The highest BCUT2D eigenvalue weighted by atomic mass is 32.1. The van der Waals surface area contributed by atoms with Crippen molar-refractivity contribution in [1.82, 2.24) is 4.98 Å². The van der Waals surface area contributed by atoms with Gasteiger partial charge in [-0.05, 0) is 12.1 Å². The molecule has 0 spiro atoms. The normalized spacial score (nSPS) is 11.0. The number of carbonyl (C=O) groups is 1. The Labute approximate surface area is 151 Å². The minimum absolute atomic E-state index is 0.0588. The van der Waals surface area contributed by atoms with Gasteiger partial charge < -0.3 is 4.42 Å². The van der Waals surface area contributed by atoms with Crippen molar-refractivity contribution in [3.63, 3.8) is 0 Å². The highest BCUT2D eigenvalue weighted by Gasteiger charge is 2.13. The lowest BCUT2D eigenvalue weighted by atomic mass is 10.1. The summed E-state index contributed by atoms with van der Waals surface area (Å²) in [7, 11) is 0. The van der Waals surface area contributed by atoms with Crippen LogP contribution in [0.1, 0.15) is 5.76 Å². The Bertz CT molecular complexity index is 1030. The van der Waals surface area contributed by atoms with Gasteiger partial charge in [0.15, 0.2) is 5.13 Å². The first-order valence-electron chi connectivity index (χ1n) is 7.24. The summed E-state index contributed by atoms with van der Waals surface area (Å²) in [5, 5.41) is 24.6. The number of rotatable bonds is 5. The number of furan rings is 1. The molecule has 0 fully saturated rings. The molecule has 1 amide bonds. The van der Waals surface area contributed by atoms with Crippen LogP contribution in [0.2, 0.25) is 0 Å². The highest BCUT2D eigenvalue weighted by Crippen LogP contribution is 2.26. The van der Waals surface area contributed by atoms with Gasteiger partial charge in [0, 0.05) is 35.3 Å². The second-order valence-corrected chi connectivity index (χ2v) is 5.87. The van der Waals surface area contributed by atoms with Crippen molar-refractivity contribution in [2.75, 3.05) is 5.32 Å². The number of amides is 1. The van der Waals surface area contributed by atoms with Crippen LogP contribution in [0.4, 0.5) is 10.8 Å². The molecule has 2 aromatic heterocycles. The van der Waals surface area contributed by atoms with E-state index in [4.69, 9.17) is 4.42 Å². The number of non-ortho nitro benzene ring substituents is 1. The molecule has 2 heterocycles. The van der Waals surface area contributed by atoms with Crippen LogP contribution >= 0.6 is 11.3 Å². The molecule has 1 aromatic carbocycles. The van der Waals surface area contributed by atoms with Crippen LogP contribution in [0.5, 0.6) is 0 Å². The molecular weight excluding hydrogens is 356 g/mol. The summed E-state index contributed by atoms with van der Waals surface area (Å²) >= 11 is 1.23. The molecular formula is C17H10N4O4S. The van der Waals surface area contributed by atoms with Crippen molar-refractivity contribution in [3.05, 3.63) is 69.4 Å². The Balaban J connectivity index is 1.83. The molecule has 0 aliphatic carbocycles. The van der Waals surface area contributed by atoms with Crippen LogP contribution in [0.25, 0.3) is 17.4 Å². The van der Waals surface area contributed by atoms with Crippen molar-refractivity contribution in [2.45, 2.75) is 0 Å². The molecule has 0 aliphatic heterocycles. The topological polar surface area (TPSA) is 122 Å². The zero-order chi connectivity index (χ0) is 18.5. The molecule has 26 heavy (non-hydrogen) atoms. The van der Waals surface area contributed by atoms with Gasteiger partial charge in [0.2, 0.25) is 0 Å². The van der Waals surface area contributed by atoms with Gasteiger partial charge in [-0.15, -0.1) is 11.3 Å². The number of nitrogens with one attached hydrogen (secondary N) is 1. The van der Waals surface area contributed by atoms with Gasteiger partial charge in [0.1, 0.15) is 23.2 Å². The summed E-state index contributed by atoms with van der Waals surface area (Å²) < 4.78 is 5.58. The molecule has 0 saturated heterocycles. The van der Waals surface area contributed by atoms with Crippen molar-refractivity contribution >= 4 is 34.1 Å². The average molecular weight is 366 g/mol. The van der Waals surface area contributed by atoms with Gasteiger partial charge in [0.05, 0.1) is 4.92 Å². The van der Waals surface area contributed by atoms with Gasteiger partial charge >= 0.3 is 0 Å². The number of nitro benzene ring substituents is 1. The number of nitriles is 1. The average Bonchev–Trinajstić information content (AvgIpc) is 3.31. The third-order valence-electron chi connectivity index (χ3n) is 3.27. The van der Waals surface area contributed by atoms with Gasteiger partial charge in [-0.25, -0.2) is 4.98 Å². The summed E-state index contributed by atoms with van der Waals surface area (Å²) in [6, 6.07) is 11.0.